The average molecular weight is 471 g/mol. The number of halogens is 3. The number of nitrogens with zero attached hydrogens (tertiary/aromatic N) is 3. The molecule has 0 saturated carbocycles. The van der Waals surface area contributed by atoms with Crippen molar-refractivity contribution < 1.29 is 22.7 Å². The van der Waals surface area contributed by atoms with Crippen molar-refractivity contribution in [1.29, 1.82) is 0 Å². The molecular formula is C22H16F3N5O2S. The lowest BCUT2D eigenvalue weighted by atomic mass is 10.3. The van der Waals surface area contributed by atoms with Gasteiger partial charge in [0.05, 0.1) is 0 Å². The minimum atomic E-state index is -4.36. The number of carbonyl (C=O) groups excluding carboxylic acids is 1. The summed E-state index contributed by atoms with van der Waals surface area (Å²) >= 11 is -0.217. The van der Waals surface area contributed by atoms with Gasteiger partial charge in [0.25, 0.3) is 0 Å². The number of hydrogen-bond acceptors (Lipinski definition) is 5. The number of anilines is 2. The van der Waals surface area contributed by atoms with E-state index in [4.69, 9.17) is 4.74 Å². The molecule has 0 spiro atoms. The highest BCUT2D eigenvalue weighted by Gasteiger charge is 2.29. The lowest BCUT2D eigenvalue weighted by Gasteiger charge is -2.10. The van der Waals surface area contributed by atoms with Crippen molar-refractivity contribution in [1.82, 2.24) is 14.5 Å². The molecule has 2 amide bonds. The fraction of sp³-hybridized carbons (Fsp3) is 0.0455. The van der Waals surface area contributed by atoms with E-state index in [1.165, 1.54) is 30.6 Å². The summed E-state index contributed by atoms with van der Waals surface area (Å²) < 4.78 is 44.7. The first-order valence-corrected chi connectivity index (χ1v) is 10.3. The van der Waals surface area contributed by atoms with Crippen LogP contribution in [0.25, 0.3) is 5.82 Å². The number of nitrogens with one attached hydrogen (secondary N) is 2. The second-order valence-electron chi connectivity index (χ2n) is 6.58. The van der Waals surface area contributed by atoms with E-state index >= 15 is 0 Å². The summed E-state index contributed by atoms with van der Waals surface area (Å²) in [6.07, 6.45) is 5.11. The lowest BCUT2D eigenvalue weighted by Crippen LogP contribution is -2.19. The molecule has 2 aromatic carbocycles. The van der Waals surface area contributed by atoms with E-state index in [-0.39, 0.29) is 16.7 Å². The van der Waals surface area contributed by atoms with E-state index in [2.05, 4.69) is 20.6 Å². The maximum Gasteiger partial charge on any atom is 0.446 e. The van der Waals surface area contributed by atoms with Gasteiger partial charge >= 0.3 is 11.5 Å². The van der Waals surface area contributed by atoms with Gasteiger partial charge in [0, 0.05) is 34.7 Å². The normalized spacial score (nSPS) is 11.1. The van der Waals surface area contributed by atoms with Crippen molar-refractivity contribution in [3.63, 3.8) is 0 Å². The topological polar surface area (TPSA) is 81.1 Å². The highest BCUT2D eigenvalue weighted by atomic mass is 32.2. The molecule has 0 bridgehead atoms. The number of benzene rings is 2. The van der Waals surface area contributed by atoms with Crippen molar-refractivity contribution in [3.05, 3.63) is 85.5 Å². The standard InChI is InChI=1S/C22H16F3N5O2S/c23-22(24,25)33-18-9-5-16(6-10-18)29-21(31)28-15-3-7-17(8-4-15)32-20-13-19(26-14-27-20)30-11-1-2-12-30/h1-14H,(H2,28,29,31). The van der Waals surface area contributed by atoms with Crippen LogP contribution in [0.5, 0.6) is 11.6 Å². The minimum Gasteiger partial charge on any atom is -0.439 e. The summed E-state index contributed by atoms with van der Waals surface area (Å²) in [4.78, 5) is 20.5. The molecule has 0 fully saturated rings. The molecular weight excluding hydrogens is 455 g/mol. The number of alkyl halides is 3. The van der Waals surface area contributed by atoms with Gasteiger partial charge in [0.15, 0.2) is 0 Å². The van der Waals surface area contributed by atoms with Gasteiger partial charge in [0.2, 0.25) is 5.88 Å². The van der Waals surface area contributed by atoms with Crippen molar-refractivity contribution in [2.24, 2.45) is 0 Å². The predicted octanol–water partition coefficient (Wildman–Crippen LogP) is 6.32. The van der Waals surface area contributed by atoms with Gasteiger partial charge in [-0.2, -0.15) is 13.2 Å². The molecule has 0 radical (unpaired) electrons. The first kappa shape index (κ1) is 22.2. The molecule has 11 heteroatoms. The summed E-state index contributed by atoms with van der Waals surface area (Å²) in [5, 5.41) is 5.21. The molecule has 168 valence electrons. The third-order valence-electron chi connectivity index (χ3n) is 4.18. The number of aromatic nitrogens is 3. The third-order valence-corrected chi connectivity index (χ3v) is 4.92. The fourth-order valence-corrected chi connectivity index (χ4v) is 3.31. The second-order valence-corrected chi connectivity index (χ2v) is 7.72. The number of rotatable bonds is 6. The average Bonchev–Trinajstić information content (AvgIpc) is 3.31. The van der Waals surface area contributed by atoms with Crippen molar-refractivity contribution in [2.75, 3.05) is 10.6 Å². The highest BCUT2D eigenvalue weighted by Crippen LogP contribution is 2.37. The molecule has 0 aliphatic rings. The Morgan fingerprint density at radius 1 is 0.909 bits per heavy atom. The monoisotopic (exact) mass is 471 g/mol. The van der Waals surface area contributed by atoms with Gasteiger partial charge in [-0.25, -0.2) is 14.8 Å². The van der Waals surface area contributed by atoms with Crippen LogP contribution in [-0.2, 0) is 0 Å². The van der Waals surface area contributed by atoms with E-state index in [9.17, 15) is 18.0 Å². The van der Waals surface area contributed by atoms with E-state index in [0.717, 1.165) is 0 Å². The third kappa shape index (κ3) is 6.50. The largest absolute Gasteiger partial charge is 0.446 e. The van der Waals surface area contributed by atoms with Crippen LogP contribution < -0.4 is 15.4 Å². The van der Waals surface area contributed by atoms with Crippen LogP contribution in [0.4, 0.5) is 29.3 Å². The summed E-state index contributed by atoms with van der Waals surface area (Å²) in [5.41, 5.74) is -3.50. The first-order valence-electron chi connectivity index (χ1n) is 9.51. The first-order chi connectivity index (χ1) is 15.8. The van der Waals surface area contributed by atoms with Crippen molar-refractivity contribution in [2.45, 2.75) is 10.4 Å². The summed E-state index contributed by atoms with van der Waals surface area (Å²) in [5.74, 6) is 1.53. The Balaban J connectivity index is 1.32. The van der Waals surface area contributed by atoms with Gasteiger partial charge in [0.1, 0.15) is 17.9 Å². The Labute approximate surface area is 190 Å². The molecule has 0 unspecified atom stereocenters. The Morgan fingerprint density at radius 2 is 1.52 bits per heavy atom. The summed E-state index contributed by atoms with van der Waals surface area (Å²) in [6.45, 7) is 0. The molecule has 7 nitrogen and oxygen atoms in total. The molecule has 4 rings (SSSR count). The van der Waals surface area contributed by atoms with Gasteiger partial charge in [-0.1, -0.05) is 0 Å². The van der Waals surface area contributed by atoms with E-state index in [1.54, 1.807) is 30.3 Å². The van der Waals surface area contributed by atoms with E-state index in [0.29, 0.717) is 28.8 Å². The second kappa shape index (κ2) is 9.65. The van der Waals surface area contributed by atoms with Crippen molar-refractivity contribution >= 4 is 29.2 Å². The van der Waals surface area contributed by atoms with Crippen LogP contribution in [0.1, 0.15) is 0 Å². The van der Waals surface area contributed by atoms with Crippen LogP contribution >= 0.6 is 11.8 Å². The molecule has 0 aliphatic heterocycles. The SMILES string of the molecule is O=C(Nc1ccc(Oc2cc(-n3cccc3)ncn2)cc1)Nc1ccc(SC(F)(F)F)cc1. The fourth-order valence-electron chi connectivity index (χ4n) is 2.77. The zero-order valence-corrected chi connectivity index (χ0v) is 17.6. The van der Waals surface area contributed by atoms with Crippen LogP contribution in [0.2, 0.25) is 0 Å². The smallest absolute Gasteiger partial charge is 0.439 e. The Morgan fingerprint density at radius 3 is 2.12 bits per heavy atom. The maximum atomic E-state index is 12.4. The minimum absolute atomic E-state index is 0.0354. The molecule has 2 aromatic heterocycles. The number of amides is 2. The van der Waals surface area contributed by atoms with E-state index < -0.39 is 11.5 Å². The molecule has 2 heterocycles. The quantitative estimate of drug-likeness (QED) is 0.322. The van der Waals surface area contributed by atoms with Crippen LogP contribution in [-0.4, -0.2) is 26.1 Å². The molecule has 4 aromatic rings. The van der Waals surface area contributed by atoms with Gasteiger partial charge in [-0.3, -0.25) is 0 Å². The van der Waals surface area contributed by atoms with Crippen LogP contribution in [0.15, 0.2) is 90.3 Å². The van der Waals surface area contributed by atoms with Crippen LogP contribution in [0.3, 0.4) is 0 Å². The van der Waals surface area contributed by atoms with E-state index in [1.807, 2.05) is 29.1 Å². The molecule has 0 atom stereocenters. The zero-order chi connectivity index (χ0) is 23.3. The highest BCUT2D eigenvalue weighted by molar-refractivity contribution is 8.00. The molecule has 2 N–H and O–H groups in total. The predicted molar refractivity (Wildman–Crippen MR) is 119 cm³/mol. The molecule has 33 heavy (non-hydrogen) atoms. The number of thioether (sulfide) groups is 1. The van der Waals surface area contributed by atoms with Gasteiger partial charge in [-0.15, -0.1) is 0 Å². The van der Waals surface area contributed by atoms with Crippen molar-refractivity contribution in [3.8, 4) is 17.4 Å². The Bertz CT molecular complexity index is 1210. The summed E-state index contributed by atoms with van der Waals surface area (Å²) in [6, 6.07) is 16.9. The Kier molecular flexibility index (Phi) is 6.50. The molecule has 0 aliphatic carbocycles. The lowest BCUT2D eigenvalue weighted by molar-refractivity contribution is -0.0328. The van der Waals surface area contributed by atoms with Gasteiger partial charge in [-0.05, 0) is 72.4 Å². The van der Waals surface area contributed by atoms with Gasteiger partial charge < -0.3 is 19.9 Å². The maximum absolute atomic E-state index is 12.4. The zero-order valence-electron chi connectivity index (χ0n) is 16.8. The summed E-state index contributed by atoms with van der Waals surface area (Å²) in [7, 11) is 0. The van der Waals surface area contributed by atoms with Crippen LogP contribution in [0, 0.1) is 0 Å². The molecule has 0 saturated heterocycles. The Hall–Kier alpha value is -3.99. The number of urea groups is 1. The number of hydrogen-bond donors (Lipinski definition) is 2. The number of ether oxygens (including phenoxy) is 1. The number of carbonyl (C=O) groups is 1.